The molecule has 0 aromatic carbocycles. The summed E-state index contributed by atoms with van der Waals surface area (Å²) in [6, 6.07) is 0. The Bertz CT molecular complexity index is 644. The van der Waals surface area contributed by atoms with E-state index in [1.54, 1.807) is 0 Å². The van der Waals surface area contributed by atoms with E-state index in [0.29, 0.717) is 12.8 Å². The van der Waals surface area contributed by atoms with Crippen molar-refractivity contribution in [2.24, 2.45) is 11.3 Å². The van der Waals surface area contributed by atoms with Crippen LogP contribution < -0.4 is 5.32 Å². The van der Waals surface area contributed by atoms with E-state index >= 15 is 0 Å². The summed E-state index contributed by atoms with van der Waals surface area (Å²) in [5.41, 5.74) is -1.20. The van der Waals surface area contributed by atoms with E-state index < -0.39 is 29.1 Å². The number of likely N-dealkylation sites (N-methyl/N-ethyl adjacent to an activating group) is 1. The number of rotatable bonds is 9. The van der Waals surface area contributed by atoms with Gasteiger partial charge in [-0.15, -0.1) is 0 Å². The molecule has 1 unspecified atom stereocenters. The van der Waals surface area contributed by atoms with Gasteiger partial charge in [0, 0.05) is 44.1 Å². The minimum Gasteiger partial charge on any atom is -0.358 e. The van der Waals surface area contributed by atoms with Crippen LogP contribution in [-0.4, -0.2) is 66.0 Å². The fourth-order valence-corrected chi connectivity index (χ4v) is 3.18. The first kappa shape index (κ1) is 21.0. The SMILES string of the molecule is CNC(=O)CN(CC1C(C)(C)C1(F)F)C(=O)CCCCN1C(=O)C=CC1=O. The number of nitrogens with zero attached hydrogens (tertiary/aromatic N) is 2. The molecule has 1 aliphatic heterocycles. The van der Waals surface area contributed by atoms with E-state index in [4.69, 9.17) is 0 Å². The van der Waals surface area contributed by atoms with Crippen LogP contribution in [0.15, 0.2) is 12.2 Å². The summed E-state index contributed by atoms with van der Waals surface area (Å²) < 4.78 is 27.7. The van der Waals surface area contributed by atoms with Gasteiger partial charge in [0.2, 0.25) is 11.8 Å². The number of hydrogen-bond acceptors (Lipinski definition) is 4. The third-order valence-corrected chi connectivity index (χ3v) is 5.38. The van der Waals surface area contributed by atoms with Crippen LogP contribution in [0.1, 0.15) is 33.1 Å². The van der Waals surface area contributed by atoms with Crippen LogP contribution >= 0.6 is 0 Å². The predicted molar refractivity (Wildman–Crippen MR) is 92.6 cm³/mol. The highest BCUT2D eigenvalue weighted by atomic mass is 19.3. The van der Waals surface area contributed by atoms with Gasteiger partial charge in [-0.3, -0.25) is 24.1 Å². The minimum atomic E-state index is -2.86. The Hall–Kier alpha value is -2.32. The van der Waals surface area contributed by atoms with Crippen LogP contribution in [-0.2, 0) is 19.2 Å². The van der Waals surface area contributed by atoms with E-state index in [2.05, 4.69) is 5.32 Å². The molecule has 9 heteroatoms. The fourth-order valence-electron chi connectivity index (χ4n) is 3.18. The Morgan fingerprint density at radius 3 is 2.22 bits per heavy atom. The molecular formula is C18H25F2N3O4. The summed E-state index contributed by atoms with van der Waals surface area (Å²) >= 11 is 0. The Labute approximate surface area is 156 Å². The van der Waals surface area contributed by atoms with Crippen molar-refractivity contribution >= 4 is 23.6 Å². The second kappa shape index (κ2) is 7.74. The standard InChI is InChI=1S/C18H25F2N3O4/c1-17(2)12(18(17,19)20)10-22(11-13(24)21-3)14(25)6-4-5-9-23-15(26)7-8-16(23)27/h7-8,12H,4-6,9-11H2,1-3H3,(H,21,24). The topological polar surface area (TPSA) is 86.8 Å². The van der Waals surface area contributed by atoms with Gasteiger partial charge in [-0.1, -0.05) is 13.8 Å². The number of alkyl halides is 2. The molecule has 0 aromatic rings. The van der Waals surface area contributed by atoms with Crippen LogP contribution in [0.2, 0.25) is 0 Å². The molecule has 2 rings (SSSR count). The molecule has 7 nitrogen and oxygen atoms in total. The number of carbonyl (C=O) groups excluding carboxylic acids is 4. The predicted octanol–water partition coefficient (Wildman–Crippen LogP) is 0.948. The van der Waals surface area contributed by atoms with Crippen molar-refractivity contribution < 1.29 is 28.0 Å². The number of imide groups is 1. The molecule has 0 radical (unpaired) electrons. The van der Waals surface area contributed by atoms with E-state index in [1.165, 1.54) is 37.9 Å². The summed E-state index contributed by atoms with van der Waals surface area (Å²) in [7, 11) is 1.42. The molecular weight excluding hydrogens is 360 g/mol. The Morgan fingerprint density at radius 2 is 1.74 bits per heavy atom. The average Bonchev–Trinajstić information content (AvgIpc) is 2.83. The van der Waals surface area contributed by atoms with Crippen LogP contribution in [0.25, 0.3) is 0 Å². The lowest BCUT2D eigenvalue weighted by atomic mass is 10.1. The molecule has 1 aliphatic carbocycles. The smallest absolute Gasteiger partial charge is 0.258 e. The van der Waals surface area contributed by atoms with Gasteiger partial charge in [-0.05, 0) is 12.8 Å². The van der Waals surface area contributed by atoms with Crippen molar-refractivity contribution in [1.29, 1.82) is 0 Å². The Kier molecular flexibility index (Phi) is 6.01. The van der Waals surface area contributed by atoms with E-state index in [0.717, 1.165) is 4.90 Å². The zero-order valence-electron chi connectivity index (χ0n) is 15.8. The van der Waals surface area contributed by atoms with E-state index in [-0.39, 0.29) is 37.9 Å². The largest absolute Gasteiger partial charge is 0.358 e. The first-order valence-corrected chi connectivity index (χ1v) is 8.92. The van der Waals surface area contributed by atoms with Crippen molar-refractivity contribution in [3.63, 3.8) is 0 Å². The van der Waals surface area contributed by atoms with Crippen LogP contribution in [0.3, 0.4) is 0 Å². The maximum Gasteiger partial charge on any atom is 0.258 e. The summed E-state index contributed by atoms with van der Waals surface area (Å²) in [5.74, 6) is -5.43. The van der Waals surface area contributed by atoms with Crippen molar-refractivity contribution in [2.45, 2.75) is 39.0 Å². The van der Waals surface area contributed by atoms with Crippen LogP contribution in [0, 0.1) is 11.3 Å². The fraction of sp³-hybridized carbons (Fsp3) is 0.667. The normalized spacial score (nSPS) is 22.1. The molecule has 0 saturated heterocycles. The lowest BCUT2D eigenvalue weighted by molar-refractivity contribution is -0.137. The highest BCUT2D eigenvalue weighted by molar-refractivity contribution is 6.12. The van der Waals surface area contributed by atoms with Crippen molar-refractivity contribution in [3.8, 4) is 0 Å². The lowest BCUT2D eigenvalue weighted by Crippen LogP contribution is -2.41. The molecule has 1 atom stereocenters. The average molecular weight is 385 g/mol. The third-order valence-electron chi connectivity index (χ3n) is 5.38. The number of halogens is 2. The quantitative estimate of drug-likeness (QED) is 0.473. The van der Waals surface area contributed by atoms with Gasteiger partial charge in [0.25, 0.3) is 17.7 Å². The molecule has 2 aliphatic rings. The van der Waals surface area contributed by atoms with Crippen molar-refractivity contribution in [1.82, 2.24) is 15.1 Å². The first-order chi connectivity index (χ1) is 12.5. The van der Waals surface area contributed by atoms with E-state index in [9.17, 15) is 28.0 Å². The van der Waals surface area contributed by atoms with Crippen LogP contribution in [0.5, 0.6) is 0 Å². The summed E-state index contributed by atoms with van der Waals surface area (Å²) in [4.78, 5) is 49.2. The van der Waals surface area contributed by atoms with Crippen molar-refractivity contribution in [2.75, 3.05) is 26.7 Å². The molecule has 1 N–H and O–H groups in total. The summed E-state index contributed by atoms with van der Waals surface area (Å²) in [6.45, 7) is 2.63. The molecule has 150 valence electrons. The Balaban J connectivity index is 1.85. The van der Waals surface area contributed by atoms with E-state index in [1.807, 2.05) is 0 Å². The van der Waals surface area contributed by atoms with Gasteiger partial charge < -0.3 is 10.2 Å². The van der Waals surface area contributed by atoms with Gasteiger partial charge in [0.15, 0.2) is 0 Å². The number of unbranched alkanes of at least 4 members (excludes halogenated alkanes) is 1. The Morgan fingerprint density at radius 1 is 1.19 bits per heavy atom. The maximum atomic E-state index is 13.9. The van der Waals surface area contributed by atoms with Crippen molar-refractivity contribution in [3.05, 3.63) is 12.2 Å². The zero-order valence-corrected chi connectivity index (χ0v) is 15.8. The summed E-state index contributed by atoms with van der Waals surface area (Å²) in [5, 5.41) is 2.39. The summed E-state index contributed by atoms with van der Waals surface area (Å²) in [6.07, 6.45) is 3.24. The van der Waals surface area contributed by atoms with Gasteiger partial charge in [-0.2, -0.15) is 0 Å². The van der Waals surface area contributed by atoms with Gasteiger partial charge in [0.05, 0.1) is 12.5 Å². The highest BCUT2D eigenvalue weighted by Crippen LogP contribution is 2.65. The first-order valence-electron chi connectivity index (χ1n) is 8.92. The number of nitrogens with one attached hydrogen (secondary N) is 1. The van der Waals surface area contributed by atoms with Gasteiger partial charge >= 0.3 is 0 Å². The highest BCUT2D eigenvalue weighted by Gasteiger charge is 2.75. The molecule has 1 fully saturated rings. The zero-order chi connectivity index (χ0) is 20.4. The molecule has 27 heavy (non-hydrogen) atoms. The number of hydrogen-bond donors (Lipinski definition) is 1. The molecule has 0 bridgehead atoms. The maximum absolute atomic E-state index is 13.9. The molecule has 1 heterocycles. The van der Waals surface area contributed by atoms with Gasteiger partial charge in [0.1, 0.15) is 0 Å². The van der Waals surface area contributed by atoms with Gasteiger partial charge in [-0.25, -0.2) is 8.78 Å². The number of carbonyl (C=O) groups is 4. The third kappa shape index (κ3) is 4.33. The molecule has 1 saturated carbocycles. The molecule has 0 aromatic heterocycles. The second-order valence-electron chi connectivity index (χ2n) is 7.46. The second-order valence-corrected chi connectivity index (χ2v) is 7.46. The lowest BCUT2D eigenvalue weighted by Gasteiger charge is -2.22. The van der Waals surface area contributed by atoms with Crippen LogP contribution in [0.4, 0.5) is 8.78 Å². The molecule has 4 amide bonds. The monoisotopic (exact) mass is 385 g/mol. The minimum absolute atomic E-state index is 0.0549. The molecule has 0 spiro atoms. The number of amides is 4.